The van der Waals surface area contributed by atoms with E-state index in [1.807, 2.05) is 24.3 Å². The van der Waals surface area contributed by atoms with E-state index >= 15 is 0 Å². The maximum Gasteiger partial charge on any atom is 0.173 e. The van der Waals surface area contributed by atoms with Gasteiger partial charge in [-0.1, -0.05) is 17.7 Å². The average Bonchev–Trinajstić information content (AvgIpc) is 3.31. The number of hydrogen-bond acceptors (Lipinski definition) is 3. The third-order valence-corrected chi connectivity index (χ3v) is 4.41. The zero-order chi connectivity index (χ0) is 14.7. The van der Waals surface area contributed by atoms with Gasteiger partial charge in [0, 0.05) is 10.5 Å². The molecule has 1 aliphatic carbocycles. The Kier molecular flexibility index (Phi) is 4.30. The number of carbonyl (C=O) groups is 1. The van der Waals surface area contributed by atoms with Crippen LogP contribution in [-0.2, 0) is 0 Å². The third kappa shape index (κ3) is 4.11. The molecular weight excluding hydrogens is 280 g/mol. The highest BCUT2D eigenvalue weighted by Crippen LogP contribution is 2.27. The molecule has 1 aliphatic rings. The summed E-state index contributed by atoms with van der Waals surface area (Å²) >= 11 is 1.58. The Morgan fingerprint density at radius 3 is 2.38 bits per heavy atom. The van der Waals surface area contributed by atoms with Crippen molar-refractivity contribution in [3.63, 3.8) is 0 Å². The number of Topliss-reactive ketones (excluding diaryl/α,β-unsaturated/α-hetero) is 1. The zero-order valence-corrected chi connectivity index (χ0v) is 12.9. The van der Waals surface area contributed by atoms with E-state index in [0.717, 1.165) is 29.1 Å². The van der Waals surface area contributed by atoms with Crippen molar-refractivity contribution in [2.75, 3.05) is 5.75 Å². The quantitative estimate of drug-likeness (QED) is 0.580. The Morgan fingerprint density at radius 2 is 1.76 bits per heavy atom. The molecule has 1 fully saturated rings. The molecule has 2 aromatic carbocycles. The summed E-state index contributed by atoms with van der Waals surface area (Å²) in [5, 5.41) is 0. The molecule has 0 heterocycles. The molecule has 0 spiro atoms. The van der Waals surface area contributed by atoms with E-state index in [1.54, 1.807) is 11.8 Å². The SMILES string of the molecule is Cc1ccc(SCC(=O)c2ccc(OC3CC3)cc2)cc1. The second kappa shape index (κ2) is 6.35. The predicted molar refractivity (Wildman–Crippen MR) is 86.3 cm³/mol. The third-order valence-electron chi connectivity index (χ3n) is 3.39. The smallest absolute Gasteiger partial charge is 0.173 e. The van der Waals surface area contributed by atoms with Gasteiger partial charge in [-0.15, -0.1) is 11.8 Å². The summed E-state index contributed by atoms with van der Waals surface area (Å²) in [7, 11) is 0. The van der Waals surface area contributed by atoms with Gasteiger partial charge in [0.1, 0.15) is 5.75 Å². The summed E-state index contributed by atoms with van der Waals surface area (Å²) in [6.45, 7) is 2.06. The molecule has 0 unspecified atom stereocenters. The van der Waals surface area contributed by atoms with Gasteiger partial charge in [-0.3, -0.25) is 4.79 Å². The van der Waals surface area contributed by atoms with Crippen LogP contribution in [0.5, 0.6) is 5.75 Å². The minimum atomic E-state index is 0.151. The fraction of sp³-hybridized carbons (Fsp3) is 0.278. The normalized spacial score (nSPS) is 14.0. The van der Waals surface area contributed by atoms with Crippen molar-refractivity contribution in [1.82, 2.24) is 0 Å². The van der Waals surface area contributed by atoms with Gasteiger partial charge in [-0.2, -0.15) is 0 Å². The minimum absolute atomic E-state index is 0.151. The van der Waals surface area contributed by atoms with Crippen molar-refractivity contribution in [2.45, 2.75) is 30.8 Å². The van der Waals surface area contributed by atoms with Crippen molar-refractivity contribution in [3.05, 3.63) is 59.7 Å². The summed E-state index contributed by atoms with van der Waals surface area (Å²) in [4.78, 5) is 13.3. The monoisotopic (exact) mass is 298 g/mol. The highest BCUT2D eigenvalue weighted by atomic mass is 32.2. The molecule has 0 N–H and O–H groups in total. The molecule has 0 atom stereocenters. The Balaban J connectivity index is 1.55. The molecular formula is C18H18O2S. The maximum atomic E-state index is 12.2. The molecule has 0 aliphatic heterocycles. The first kappa shape index (κ1) is 14.2. The molecule has 21 heavy (non-hydrogen) atoms. The zero-order valence-electron chi connectivity index (χ0n) is 12.0. The van der Waals surface area contributed by atoms with Crippen molar-refractivity contribution < 1.29 is 9.53 Å². The lowest BCUT2D eigenvalue weighted by Crippen LogP contribution is -2.02. The lowest BCUT2D eigenvalue weighted by molar-refractivity contribution is 0.102. The van der Waals surface area contributed by atoms with Crippen LogP contribution in [0.15, 0.2) is 53.4 Å². The number of benzene rings is 2. The summed E-state index contributed by atoms with van der Waals surface area (Å²) in [5.74, 6) is 1.48. The van der Waals surface area contributed by atoms with Crippen LogP contribution in [0.3, 0.4) is 0 Å². The molecule has 2 aromatic rings. The molecule has 3 rings (SSSR count). The number of ketones is 1. The van der Waals surface area contributed by atoms with Gasteiger partial charge in [0.05, 0.1) is 11.9 Å². The predicted octanol–water partition coefficient (Wildman–Crippen LogP) is 4.51. The molecule has 0 radical (unpaired) electrons. The van der Waals surface area contributed by atoms with Crippen LogP contribution in [0.25, 0.3) is 0 Å². The van der Waals surface area contributed by atoms with Gasteiger partial charge >= 0.3 is 0 Å². The number of hydrogen-bond donors (Lipinski definition) is 0. The highest BCUT2D eigenvalue weighted by Gasteiger charge is 2.23. The average molecular weight is 298 g/mol. The highest BCUT2D eigenvalue weighted by molar-refractivity contribution is 8.00. The summed E-state index contributed by atoms with van der Waals surface area (Å²) in [6, 6.07) is 15.7. The lowest BCUT2D eigenvalue weighted by atomic mass is 10.1. The molecule has 0 saturated heterocycles. The maximum absolute atomic E-state index is 12.2. The minimum Gasteiger partial charge on any atom is -0.490 e. The van der Waals surface area contributed by atoms with E-state index in [4.69, 9.17) is 4.74 Å². The van der Waals surface area contributed by atoms with Gasteiger partial charge in [-0.25, -0.2) is 0 Å². The van der Waals surface area contributed by atoms with Crippen LogP contribution in [0.2, 0.25) is 0 Å². The summed E-state index contributed by atoms with van der Waals surface area (Å²) in [5.41, 5.74) is 1.98. The van der Waals surface area contributed by atoms with Crippen molar-refractivity contribution in [1.29, 1.82) is 0 Å². The second-order valence-electron chi connectivity index (χ2n) is 5.37. The summed E-state index contributed by atoms with van der Waals surface area (Å²) < 4.78 is 5.68. The number of carbonyl (C=O) groups excluding carboxylic acids is 1. The lowest BCUT2D eigenvalue weighted by Gasteiger charge is -2.06. The van der Waals surface area contributed by atoms with E-state index in [9.17, 15) is 4.79 Å². The number of ether oxygens (including phenoxy) is 1. The topological polar surface area (TPSA) is 26.3 Å². The van der Waals surface area contributed by atoms with Crippen molar-refractivity contribution >= 4 is 17.5 Å². The number of rotatable bonds is 6. The van der Waals surface area contributed by atoms with Crippen LogP contribution in [0.1, 0.15) is 28.8 Å². The number of thioether (sulfide) groups is 1. The van der Waals surface area contributed by atoms with E-state index in [-0.39, 0.29) is 5.78 Å². The molecule has 1 saturated carbocycles. The van der Waals surface area contributed by atoms with Crippen LogP contribution < -0.4 is 4.74 Å². The van der Waals surface area contributed by atoms with E-state index in [1.165, 1.54) is 5.56 Å². The molecule has 2 nitrogen and oxygen atoms in total. The van der Waals surface area contributed by atoms with Gasteiger partial charge < -0.3 is 4.74 Å². The first-order valence-corrected chi connectivity index (χ1v) is 8.19. The van der Waals surface area contributed by atoms with Crippen LogP contribution in [0.4, 0.5) is 0 Å². The van der Waals surface area contributed by atoms with Crippen LogP contribution in [-0.4, -0.2) is 17.6 Å². The van der Waals surface area contributed by atoms with Gasteiger partial charge in [0.15, 0.2) is 5.78 Å². The number of aryl methyl sites for hydroxylation is 1. The van der Waals surface area contributed by atoms with Crippen LogP contribution >= 0.6 is 11.8 Å². The molecule has 0 aromatic heterocycles. The first-order chi connectivity index (χ1) is 10.2. The fourth-order valence-electron chi connectivity index (χ4n) is 1.96. The molecule has 3 heteroatoms. The molecule has 0 amide bonds. The van der Waals surface area contributed by atoms with Crippen molar-refractivity contribution in [2.24, 2.45) is 0 Å². The Bertz CT molecular complexity index is 613. The molecule has 0 bridgehead atoms. The Morgan fingerprint density at radius 1 is 1.10 bits per heavy atom. The first-order valence-electron chi connectivity index (χ1n) is 7.20. The van der Waals surface area contributed by atoms with Gasteiger partial charge in [-0.05, 0) is 56.2 Å². The van der Waals surface area contributed by atoms with Crippen LogP contribution in [0, 0.1) is 6.92 Å². The van der Waals surface area contributed by atoms with E-state index < -0.39 is 0 Å². The Labute approximate surface area is 129 Å². The van der Waals surface area contributed by atoms with E-state index in [0.29, 0.717) is 11.9 Å². The largest absolute Gasteiger partial charge is 0.490 e. The Hall–Kier alpha value is -1.74. The summed E-state index contributed by atoms with van der Waals surface area (Å²) in [6.07, 6.45) is 2.69. The standard InChI is InChI=1S/C18H18O2S/c1-13-2-10-17(11-3-13)21-12-18(19)14-4-6-15(7-5-14)20-16-8-9-16/h2-7,10-11,16H,8-9,12H2,1H3. The van der Waals surface area contributed by atoms with E-state index in [2.05, 4.69) is 31.2 Å². The van der Waals surface area contributed by atoms with Crippen molar-refractivity contribution in [3.8, 4) is 5.75 Å². The van der Waals surface area contributed by atoms with Gasteiger partial charge in [0.25, 0.3) is 0 Å². The second-order valence-corrected chi connectivity index (χ2v) is 6.42. The fourth-order valence-corrected chi connectivity index (χ4v) is 2.76. The van der Waals surface area contributed by atoms with Gasteiger partial charge in [0.2, 0.25) is 0 Å². The molecule has 108 valence electrons.